The summed E-state index contributed by atoms with van der Waals surface area (Å²) in [6.07, 6.45) is 3.82. The molecule has 3 nitrogen and oxygen atoms in total. The van der Waals surface area contributed by atoms with E-state index in [1.165, 1.54) is 11.1 Å². The summed E-state index contributed by atoms with van der Waals surface area (Å²) in [4.78, 5) is 5.67. The van der Waals surface area contributed by atoms with E-state index in [1.807, 2.05) is 24.5 Å². The van der Waals surface area contributed by atoms with Crippen molar-refractivity contribution in [3.63, 3.8) is 0 Å². The summed E-state index contributed by atoms with van der Waals surface area (Å²) in [6.45, 7) is 6.54. The molecule has 2 atom stereocenters. The lowest BCUT2D eigenvalue weighted by molar-refractivity contribution is -0.130. The molecule has 0 radical (unpaired) electrons. The molecule has 2 unspecified atom stereocenters. The first-order chi connectivity index (χ1) is 8.63. The van der Waals surface area contributed by atoms with Gasteiger partial charge in [0.15, 0.2) is 0 Å². The zero-order valence-corrected chi connectivity index (χ0v) is 11.4. The molecule has 2 rings (SSSR count). The van der Waals surface area contributed by atoms with Crippen LogP contribution < -0.4 is 5.73 Å². The maximum absolute atomic E-state index is 5.98. The summed E-state index contributed by atoms with van der Waals surface area (Å²) in [7, 11) is 0. The summed E-state index contributed by atoms with van der Waals surface area (Å²) < 4.78 is 0. The number of nitrogens with zero attached hydrogens (tertiary/aromatic N) is 1. The van der Waals surface area contributed by atoms with Crippen molar-refractivity contribution in [2.24, 2.45) is 0 Å². The van der Waals surface area contributed by atoms with Gasteiger partial charge in [-0.2, -0.15) is 0 Å². The zero-order valence-electron chi connectivity index (χ0n) is 11.4. The standard InChI is InChI=1S/C15H22N2O/c1-4-11(2)17-12(3)14(10-18-17)9-13-7-5-6-8-15(13)16/h5-8,10-12H,4,9,16H2,1-3H3. The molecule has 1 heterocycles. The highest BCUT2D eigenvalue weighted by Gasteiger charge is 2.28. The molecule has 1 aromatic carbocycles. The number of hydrogen-bond acceptors (Lipinski definition) is 3. The van der Waals surface area contributed by atoms with Crippen molar-refractivity contribution >= 4 is 5.69 Å². The van der Waals surface area contributed by atoms with Crippen molar-refractivity contribution < 1.29 is 4.84 Å². The molecule has 0 aliphatic carbocycles. The first-order valence-corrected chi connectivity index (χ1v) is 6.61. The van der Waals surface area contributed by atoms with Crippen molar-refractivity contribution in [2.75, 3.05) is 5.73 Å². The summed E-state index contributed by atoms with van der Waals surface area (Å²) in [5, 5.41) is 2.06. The molecule has 0 spiro atoms. The van der Waals surface area contributed by atoms with E-state index in [1.54, 1.807) is 0 Å². The fourth-order valence-electron chi connectivity index (χ4n) is 2.25. The summed E-state index contributed by atoms with van der Waals surface area (Å²) in [6, 6.07) is 8.77. The van der Waals surface area contributed by atoms with Crippen LogP contribution in [0.4, 0.5) is 5.69 Å². The normalized spacial score (nSPS) is 21.5. The van der Waals surface area contributed by atoms with Gasteiger partial charge in [0.2, 0.25) is 0 Å². The van der Waals surface area contributed by atoms with E-state index in [-0.39, 0.29) is 0 Å². The lowest BCUT2D eigenvalue weighted by Crippen LogP contribution is -2.36. The molecule has 1 aliphatic rings. The van der Waals surface area contributed by atoms with Gasteiger partial charge >= 0.3 is 0 Å². The van der Waals surface area contributed by atoms with Gasteiger partial charge in [-0.25, -0.2) is 0 Å². The minimum absolute atomic E-state index is 0.319. The van der Waals surface area contributed by atoms with Gasteiger partial charge in [0.1, 0.15) is 6.26 Å². The van der Waals surface area contributed by atoms with Crippen molar-refractivity contribution in [1.82, 2.24) is 5.06 Å². The molecule has 1 aromatic rings. The molecule has 0 saturated heterocycles. The van der Waals surface area contributed by atoms with Gasteiger partial charge in [-0.3, -0.25) is 0 Å². The second-order valence-corrected chi connectivity index (χ2v) is 4.97. The molecule has 98 valence electrons. The highest BCUT2D eigenvalue weighted by Crippen LogP contribution is 2.27. The minimum Gasteiger partial charge on any atom is -0.413 e. The quantitative estimate of drug-likeness (QED) is 0.829. The van der Waals surface area contributed by atoms with Gasteiger partial charge in [-0.05, 0) is 37.5 Å². The van der Waals surface area contributed by atoms with Gasteiger partial charge in [0.25, 0.3) is 0 Å². The van der Waals surface area contributed by atoms with Crippen LogP contribution in [0.3, 0.4) is 0 Å². The van der Waals surface area contributed by atoms with Gasteiger partial charge in [-0.1, -0.05) is 25.1 Å². The number of nitrogen functional groups attached to an aromatic ring is 1. The zero-order chi connectivity index (χ0) is 13.1. The molecule has 0 fully saturated rings. The number of hydroxylamine groups is 2. The first-order valence-electron chi connectivity index (χ1n) is 6.61. The van der Waals surface area contributed by atoms with Crippen molar-refractivity contribution in [2.45, 2.75) is 45.7 Å². The summed E-state index contributed by atoms with van der Waals surface area (Å²) in [5.41, 5.74) is 9.29. The van der Waals surface area contributed by atoms with E-state index in [4.69, 9.17) is 10.6 Å². The van der Waals surface area contributed by atoms with Crippen LogP contribution >= 0.6 is 0 Å². The Balaban J connectivity index is 2.06. The summed E-state index contributed by atoms with van der Waals surface area (Å²) in [5.74, 6) is 0. The molecular weight excluding hydrogens is 224 g/mol. The van der Waals surface area contributed by atoms with Crippen LogP contribution in [-0.2, 0) is 11.3 Å². The van der Waals surface area contributed by atoms with Crippen LogP contribution in [0.25, 0.3) is 0 Å². The Morgan fingerprint density at radius 1 is 1.39 bits per heavy atom. The Kier molecular flexibility index (Phi) is 3.92. The molecule has 0 bridgehead atoms. The largest absolute Gasteiger partial charge is 0.413 e. The Labute approximate surface area is 109 Å². The van der Waals surface area contributed by atoms with Crippen LogP contribution in [0.2, 0.25) is 0 Å². The second-order valence-electron chi connectivity index (χ2n) is 4.97. The fourth-order valence-corrected chi connectivity index (χ4v) is 2.25. The predicted molar refractivity (Wildman–Crippen MR) is 74.8 cm³/mol. The average Bonchev–Trinajstić information content (AvgIpc) is 2.73. The van der Waals surface area contributed by atoms with Crippen LogP contribution in [0.15, 0.2) is 36.1 Å². The third-order valence-electron chi connectivity index (χ3n) is 3.72. The van der Waals surface area contributed by atoms with Gasteiger partial charge in [0, 0.05) is 18.2 Å². The number of anilines is 1. The lowest BCUT2D eigenvalue weighted by atomic mass is 9.99. The average molecular weight is 246 g/mol. The number of hydrogen-bond donors (Lipinski definition) is 1. The molecule has 1 aliphatic heterocycles. The first kappa shape index (κ1) is 13.0. The van der Waals surface area contributed by atoms with Gasteiger partial charge in [0.05, 0.1) is 6.04 Å². The number of benzene rings is 1. The van der Waals surface area contributed by atoms with Crippen molar-refractivity contribution in [3.05, 3.63) is 41.7 Å². The van der Waals surface area contributed by atoms with Crippen LogP contribution in [0.1, 0.15) is 32.8 Å². The third-order valence-corrected chi connectivity index (χ3v) is 3.72. The fraction of sp³-hybridized carbons (Fsp3) is 0.467. The maximum atomic E-state index is 5.98. The topological polar surface area (TPSA) is 38.5 Å². The molecule has 0 aromatic heterocycles. The van der Waals surface area contributed by atoms with Crippen molar-refractivity contribution in [1.29, 1.82) is 0 Å². The van der Waals surface area contributed by atoms with E-state index < -0.39 is 0 Å². The lowest BCUT2D eigenvalue weighted by Gasteiger charge is -2.26. The molecule has 0 saturated carbocycles. The van der Waals surface area contributed by atoms with Gasteiger partial charge < -0.3 is 10.6 Å². The molecule has 3 heteroatoms. The highest BCUT2D eigenvalue weighted by molar-refractivity contribution is 5.48. The minimum atomic E-state index is 0.319. The van der Waals surface area contributed by atoms with Crippen LogP contribution in [0.5, 0.6) is 0 Å². The van der Waals surface area contributed by atoms with Crippen LogP contribution in [-0.4, -0.2) is 17.1 Å². The van der Waals surface area contributed by atoms with E-state index in [0.29, 0.717) is 12.1 Å². The maximum Gasteiger partial charge on any atom is 0.112 e. The Bertz CT molecular complexity index is 442. The van der Waals surface area contributed by atoms with Gasteiger partial charge in [-0.15, -0.1) is 5.06 Å². The van der Waals surface area contributed by atoms with E-state index in [9.17, 15) is 0 Å². The summed E-state index contributed by atoms with van der Waals surface area (Å²) >= 11 is 0. The van der Waals surface area contributed by atoms with E-state index in [0.717, 1.165) is 18.5 Å². The van der Waals surface area contributed by atoms with Crippen molar-refractivity contribution in [3.8, 4) is 0 Å². The highest BCUT2D eigenvalue weighted by atomic mass is 16.7. The van der Waals surface area contributed by atoms with E-state index in [2.05, 4.69) is 31.9 Å². The molecular formula is C15H22N2O. The Morgan fingerprint density at radius 3 is 2.78 bits per heavy atom. The molecule has 18 heavy (non-hydrogen) atoms. The second kappa shape index (κ2) is 5.44. The SMILES string of the molecule is CCC(C)N1OC=C(Cc2ccccc2N)C1C. The Hall–Kier alpha value is -1.48. The third kappa shape index (κ3) is 2.51. The Morgan fingerprint density at radius 2 is 2.11 bits per heavy atom. The monoisotopic (exact) mass is 246 g/mol. The number of rotatable bonds is 4. The number of para-hydroxylation sites is 1. The van der Waals surface area contributed by atoms with E-state index >= 15 is 0 Å². The predicted octanol–water partition coefficient (Wildman–Crippen LogP) is 3.13. The molecule has 0 amide bonds. The number of nitrogens with two attached hydrogens (primary N) is 1. The smallest absolute Gasteiger partial charge is 0.112 e. The van der Waals surface area contributed by atoms with Crippen LogP contribution in [0, 0.1) is 0 Å². The molecule has 2 N–H and O–H groups in total.